The fourth-order valence-corrected chi connectivity index (χ4v) is 2.29. The van der Waals surface area contributed by atoms with Crippen molar-refractivity contribution >= 4 is 10.0 Å². The van der Waals surface area contributed by atoms with E-state index in [2.05, 4.69) is 10.0 Å². The van der Waals surface area contributed by atoms with Gasteiger partial charge >= 0.3 is 0 Å². The fraction of sp³-hybridized carbons (Fsp3) is 0.636. The number of sulfonamides is 1. The van der Waals surface area contributed by atoms with Crippen molar-refractivity contribution in [3.05, 3.63) is 17.9 Å². The lowest BCUT2D eigenvalue weighted by molar-refractivity contribution is 0.198. The summed E-state index contributed by atoms with van der Waals surface area (Å²) >= 11 is 0. The molecule has 19 heavy (non-hydrogen) atoms. The first kappa shape index (κ1) is 16.1. The normalized spacial score (nSPS) is 11.9. The molecule has 1 heterocycles. The van der Waals surface area contributed by atoms with Crippen molar-refractivity contribution in [3.8, 4) is 0 Å². The highest BCUT2D eigenvalue weighted by Gasteiger charge is 2.17. The van der Waals surface area contributed by atoms with Crippen LogP contribution in [0.5, 0.6) is 0 Å². The lowest BCUT2D eigenvalue weighted by Crippen LogP contribution is -2.26. The van der Waals surface area contributed by atoms with Crippen LogP contribution in [0.1, 0.15) is 5.76 Å². The molecule has 2 N–H and O–H groups in total. The zero-order valence-corrected chi connectivity index (χ0v) is 12.0. The van der Waals surface area contributed by atoms with Crippen LogP contribution in [-0.2, 0) is 26.0 Å². The molecule has 0 aliphatic rings. The Hall–Kier alpha value is -0.930. The summed E-state index contributed by atoms with van der Waals surface area (Å²) in [4.78, 5) is 0. The van der Waals surface area contributed by atoms with Gasteiger partial charge in [0.1, 0.15) is 5.76 Å². The minimum Gasteiger partial charge on any atom is -0.447 e. The van der Waals surface area contributed by atoms with E-state index in [1.165, 1.54) is 13.2 Å². The quantitative estimate of drug-likeness (QED) is 0.587. The number of nitrogens with one attached hydrogen (secondary N) is 2. The molecule has 0 atom stereocenters. The lowest BCUT2D eigenvalue weighted by atomic mass is 10.4. The van der Waals surface area contributed by atoms with Crippen LogP contribution in [0, 0.1) is 0 Å². The molecular formula is C11H20N2O5S. The molecule has 7 nitrogen and oxygen atoms in total. The van der Waals surface area contributed by atoms with E-state index in [0.29, 0.717) is 32.1 Å². The topological polar surface area (TPSA) is 89.8 Å². The van der Waals surface area contributed by atoms with E-state index in [-0.39, 0.29) is 11.6 Å². The lowest BCUT2D eigenvalue weighted by Gasteiger charge is -2.03. The fourth-order valence-electron chi connectivity index (χ4n) is 1.33. The van der Waals surface area contributed by atoms with Gasteiger partial charge in [-0.05, 0) is 12.1 Å². The number of rotatable bonds is 10. The Balaban J connectivity index is 2.48. The standard InChI is InChI=1S/C11H20N2O5S/c1-16-7-5-12-9-10-3-4-11(18-10)19(14,15)13-6-8-17-2/h3-4,12-13H,5-9H2,1-2H3. The number of hydrogen-bond acceptors (Lipinski definition) is 6. The van der Waals surface area contributed by atoms with Crippen LogP contribution in [0.4, 0.5) is 0 Å². The van der Waals surface area contributed by atoms with Crippen molar-refractivity contribution < 1.29 is 22.3 Å². The molecule has 0 amide bonds. The number of hydrogen-bond donors (Lipinski definition) is 2. The Labute approximate surface area is 113 Å². The van der Waals surface area contributed by atoms with Crippen molar-refractivity contribution in [2.45, 2.75) is 11.6 Å². The first-order valence-corrected chi connectivity index (χ1v) is 7.35. The summed E-state index contributed by atoms with van der Waals surface area (Å²) in [5.41, 5.74) is 0. The predicted molar refractivity (Wildman–Crippen MR) is 69.4 cm³/mol. The van der Waals surface area contributed by atoms with Gasteiger partial charge in [-0.15, -0.1) is 0 Å². The van der Waals surface area contributed by atoms with Crippen LogP contribution in [0.2, 0.25) is 0 Å². The molecule has 0 aromatic carbocycles. The van der Waals surface area contributed by atoms with Gasteiger partial charge in [-0.2, -0.15) is 0 Å². The number of methoxy groups -OCH3 is 2. The van der Waals surface area contributed by atoms with Gasteiger partial charge in [0, 0.05) is 27.3 Å². The van der Waals surface area contributed by atoms with Crippen LogP contribution in [0.25, 0.3) is 0 Å². The molecule has 0 aliphatic carbocycles. The molecule has 8 heteroatoms. The molecule has 1 aromatic heterocycles. The number of ether oxygens (including phenoxy) is 2. The molecule has 110 valence electrons. The van der Waals surface area contributed by atoms with Gasteiger partial charge in [0.15, 0.2) is 0 Å². The SMILES string of the molecule is COCCNCc1ccc(S(=O)(=O)NCCOC)o1. The Morgan fingerprint density at radius 3 is 2.53 bits per heavy atom. The second-order valence-electron chi connectivity index (χ2n) is 3.78. The predicted octanol–water partition coefficient (Wildman–Crippen LogP) is -0.0597. The Morgan fingerprint density at radius 1 is 1.16 bits per heavy atom. The summed E-state index contributed by atoms with van der Waals surface area (Å²) in [5, 5.41) is 2.98. The van der Waals surface area contributed by atoms with Gasteiger partial charge in [-0.3, -0.25) is 0 Å². The summed E-state index contributed by atoms with van der Waals surface area (Å²) in [5.74, 6) is 0.559. The van der Waals surface area contributed by atoms with Crippen LogP contribution < -0.4 is 10.0 Å². The molecule has 0 saturated carbocycles. The Morgan fingerprint density at radius 2 is 1.84 bits per heavy atom. The van der Waals surface area contributed by atoms with E-state index in [1.54, 1.807) is 13.2 Å². The van der Waals surface area contributed by atoms with Gasteiger partial charge in [-0.25, -0.2) is 13.1 Å². The Bertz CT molecular complexity index is 457. The maximum atomic E-state index is 11.8. The van der Waals surface area contributed by atoms with Gasteiger partial charge in [0.25, 0.3) is 10.0 Å². The van der Waals surface area contributed by atoms with Crippen molar-refractivity contribution in [1.82, 2.24) is 10.0 Å². The average Bonchev–Trinajstić information content (AvgIpc) is 2.84. The van der Waals surface area contributed by atoms with Gasteiger partial charge in [0.05, 0.1) is 19.8 Å². The maximum Gasteiger partial charge on any atom is 0.274 e. The zero-order valence-electron chi connectivity index (χ0n) is 11.1. The molecule has 0 bridgehead atoms. The van der Waals surface area contributed by atoms with E-state index < -0.39 is 10.0 Å². The Kier molecular flexibility index (Phi) is 7.03. The van der Waals surface area contributed by atoms with Gasteiger partial charge in [-0.1, -0.05) is 0 Å². The largest absolute Gasteiger partial charge is 0.447 e. The minimum absolute atomic E-state index is 0.0906. The molecule has 1 aromatic rings. The summed E-state index contributed by atoms with van der Waals surface area (Å²) < 4.78 is 40.9. The molecule has 0 radical (unpaired) electrons. The van der Waals surface area contributed by atoms with Crippen molar-refractivity contribution in [1.29, 1.82) is 0 Å². The summed E-state index contributed by atoms with van der Waals surface area (Å²) in [6.07, 6.45) is 0. The molecule has 0 spiro atoms. The van der Waals surface area contributed by atoms with E-state index in [4.69, 9.17) is 13.9 Å². The molecule has 0 fully saturated rings. The highest BCUT2D eigenvalue weighted by Crippen LogP contribution is 2.13. The third kappa shape index (κ3) is 5.70. The third-order valence-electron chi connectivity index (χ3n) is 2.28. The zero-order chi connectivity index (χ0) is 14.1. The first-order chi connectivity index (χ1) is 9.10. The molecule has 0 saturated heterocycles. The van der Waals surface area contributed by atoms with Crippen LogP contribution in [-0.4, -0.2) is 48.9 Å². The minimum atomic E-state index is -3.60. The van der Waals surface area contributed by atoms with Crippen molar-refractivity contribution in [3.63, 3.8) is 0 Å². The van der Waals surface area contributed by atoms with E-state index in [1.807, 2.05) is 0 Å². The summed E-state index contributed by atoms with van der Waals surface area (Å²) in [6.45, 7) is 2.24. The maximum absolute atomic E-state index is 11.8. The monoisotopic (exact) mass is 292 g/mol. The molecule has 0 aliphatic heterocycles. The van der Waals surface area contributed by atoms with Crippen molar-refractivity contribution in [2.24, 2.45) is 0 Å². The average molecular weight is 292 g/mol. The summed E-state index contributed by atoms with van der Waals surface area (Å²) in [7, 11) is -0.475. The molecular weight excluding hydrogens is 272 g/mol. The molecule has 0 unspecified atom stereocenters. The number of furan rings is 1. The van der Waals surface area contributed by atoms with E-state index in [9.17, 15) is 8.42 Å². The van der Waals surface area contributed by atoms with E-state index in [0.717, 1.165) is 0 Å². The molecule has 1 rings (SSSR count). The van der Waals surface area contributed by atoms with Crippen LogP contribution in [0.15, 0.2) is 21.6 Å². The highest BCUT2D eigenvalue weighted by molar-refractivity contribution is 7.89. The second-order valence-corrected chi connectivity index (χ2v) is 5.48. The first-order valence-electron chi connectivity index (χ1n) is 5.87. The van der Waals surface area contributed by atoms with Crippen LogP contribution in [0.3, 0.4) is 0 Å². The van der Waals surface area contributed by atoms with Gasteiger partial charge in [0.2, 0.25) is 5.09 Å². The second kappa shape index (κ2) is 8.28. The van der Waals surface area contributed by atoms with Gasteiger partial charge < -0.3 is 19.2 Å². The van der Waals surface area contributed by atoms with Crippen LogP contribution >= 0.6 is 0 Å². The third-order valence-corrected chi connectivity index (χ3v) is 3.62. The summed E-state index contributed by atoms with van der Waals surface area (Å²) in [6, 6.07) is 3.06. The smallest absolute Gasteiger partial charge is 0.274 e. The highest BCUT2D eigenvalue weighted by atomic mass is 32.2. The van der Waals surface area contributed by atoms with Crippen molar-refractivity contribution in [2.75, 3.05) is 40.5 Å². The van der Waals surface area contributed by atoms with E-state index >= 15 is 0 Å².